The first-order valence-corrected chi connectivity index (χ1v) is 5.80. The number of carbonyl (C=O) groups is 2. The van der Waals surface area contributed by atoms with E-state index in [-0.39, 0.29) is 5.57 Å². The zero-order chi connectivity index (χ0) is 15.4. The molecule has 0 amide bonds. The molecule has 0 bridgehead atoms. The molecule has 2 atom stereocenters. The zero-order valence-electron chi connectivity index (χ0n) is 11.6. The largest absolute Gasteiger partial charge is 0.433 e. The van der Waals surface area contributed by atoms with E-state index in [1.54, 1.807) is 0 Å². The van der Waals surface area contributed by atoms with Crippen LogP contribution in [0, 0.1) is 0 Å². The van der Waals surface area contributed by atoms with Crippen LogP contribution in [0.5, 0.6) is 0 Å². The molecule has 0 aliphatic heterocycles. The van der Waals surface area contributed by atoms with Crippen molar-refractivity contribution in [2.45, 2.75) is 46.2 Å². The van der Waals surface area contributed by atoms with Gasteiger partial charge in [0.25, 0.3) is 0 Å². The van der Waals surface area contributed by atoms with Crippen LogP contribution in [-0.4, -0.2) is 34.7 Å². The van der Waals surface area contributed by atoms with Crippen molar-refractivity contribution in [3.05, 3.63) is 24.8 Å². The Bertz CT molecular complexity index is 308. The van der Waals surface area contributed by atoms with Crippen molar-refractivity contribution in [3.63, 3.8) is 0 Å². The Balaban J connectivity index is 0. The number of hydrogen-bond donors (Lipinski definition) is 2. The molecule has 0 rings (SSSR count). The van der Waals surface area contributed by atoms with Gasteiger partial charge in [-0.2, -0.15) is 0 Å². The summed E-state index contributed by atoms with van der Waals surface area (Å²) in [6.45, 7) is 11.3. The summed E-state index contributed by atoms with van der Waals surface area (Å²) >= 11 is 0. The minimum Gasteiger partial charge on any atom is -0.433 e. The Labute approximate surface area is 113 Å². The molecule has 0 aromatic rings. The highest BCUT2D eigenvalue weighted by Gasteiger charge is 2.05. The molecule has 19 heavy (non-hydrogen) atoms. The molecule has 0 aromatic heterocycles. The van der Waals surface area contributed by atoms with E-state index in [1.807, 2.05) is 6.92 Å². The van der Waals surface area contributed by atoms with E-state index in [4.69, 9.17) is 10.2 Å². The maximum Gasteiger partial charge on any atom is 0.335 e. The third kappa shape index (κ3) is 14.3. The van der Waals surface area contributed by atoms with E-state index in [0.29, 0.717) is 6.42 Å². The Morgan fingerprint density at radius 2 is 1.84 bits per heavy atom. The number of carbonyl (C=O) groups excluding carboxylic acids is 2. The van der Waals surface area contributed by atoms with E-state index >= 15 is 0 Å². The lowest BCUT2D eigenvalue weighted by Crippen LogP contribution is -2.15. The van der Waals surface area contributed by atoms with E-state index < -0.39 is 24.5 Å². The molecule has 0 saturated carbocycles. The zero-order valence-corrected chi connectivity index (χ0v) is 11.6. The lowest BCUT2D eigenvalue weighted by atomic mass is 10.3. The summed E-state index contributed by atoms with van der Waals surface area (Å²) in [4.78, 5) is 20.9. The molecule has 0 aliphatic carbocycles. The third-order valence-corrected chi connectivity index (χ3v) is 1.58. The predicted molar refractivity (Wildman–Crippen MR) is 69.8 cm³/mol. The van der Waals surface area contributed by atoms with Crippen LogP contribution < -0.4 is 0 Å². The van der Waals surface area contributed by atoms with Crippen LogP contribution in [-0.2, 0) is 19.1 Å². The highest BCUT2D eigenvalue weighted by molar-refractivity contribution is 5.86. The summed E-state index contributed by atoms with van der Waals surface area (Å²) < 4.78 is 8.77. The van der Waals surface area contributed by atoms with E-state index in [1.165, 1.54) is 13.8 Å². The van der Waals surface area contributed by atoms with Crippen molar-refractivity contribution in [2.24, 2.45) is 0 Å². The molecule has 0 spiro atoms. The molecule has 0 fully saturated rings. The summed E-state index contributed by atoms with van der Waals surface area (Å²) in [5.41, 5.74) is 0.288. The van der Waals surface area contributed by atoms with Gasteiger partial charge in [0.2, 0.25) is 6.29 Å². The van der Waals surface area contributed by atoms with E-state index in [2.05, 4.69) is 22.6 Å². The van der Waals surface area contributed by atoms with Crippen LogP contribution >= 0.6 is 0 Å². The number of hydrogen-bond acceptors (Lipinski definition) is 6. The van der Waals surface area contributed by atoms with Gasteiger partial charge in [-0.3, -0.25) is 0 Å². The van der Waals surface area contributed by atoms with Crippen molar-refractivity contribution in [3.8, 4) is 0 Å². The molecular formula is C13H22O6. The van der Waals surface area contributed by atoms with Crippen molar-refractivity contribution in [2.75, 3.05) is 0 Å². The van der Waals surface area contributed by atoms with Gasteiger partial charge in [0, 0.05) is 18.1 Å². The summed E-state index contributed by atoms with van der Waals surface area (Å²) in [6.07, 6.45) is 0.258. The van der Waals surface area contributed by atoms with E-state index in [9.17, 15) is 9.59 Å². The number of rotatable bonds is 6. The Kier molecular flexibility index (Phi) is 11.8. The second-order valence-electron chi connectivity index (χ2n) is 3.67. The van der Waals surface area contributed by atoms with Gasteiger partial charge in [0.05, 0.1) is 0 Å². The molecule has 2 N–H and O–H groups in total. The third-order valence-electron chi connectivity index (χ3n) is 1.58. The Hall–Kier alpha value is -1.66. The molecule has 0 heterocycles. The van der Waals surface area contributed by atoms with Gasteiger partial charge in [0.15, 0.2) is 6.29 Å². The highest BCUT2D eigenvalue weighted by atomic mass is 16.6. The second kappa shape index (κ2) is 11.4. The monoisotopic (exact) mass is 274 g/mol. The van der Waals surface area contributed by atoms with Crippen LogP contribution in [0.2, 0.25) is 0 Å². The normalized spacial score (nSPS) is 12.3. The molecule has 0 saturated heterocycles. The molecule has 6 heteroatoms. The molecule has 110 valence electrons. The number of esters is 2. The lowest BCUT2D eigenvalue weighted by molar-refractivity contribution is -0.162. The lowest BCUT2D eigenvalue weighted by Gasteiger charge is -2.07. The summed E-state index contributed by atoms with van der Waals surface area (Å²) in [5.74, 6) is -1.15. The summed E-state index contributed by atoms with van der Waals surface area (Å²) in [6, 6.07) is 0. The average molecular weight is 274 g/mol. The van der Waals surface area contributed by atoms with Crippen molar-refractivity contribution in [1.82, 2.24) is 0 Å². The minimum absolute atomic E-state index is 0.288. The molecule has 0 aromatic carbocycles. The van der Waals surface area contributed by atoms with E-state index in [0.717, 1.165) is 12.5 Å². The quantitative estimate of drug-likeness (QED) is 0.430. The summed E-state index contributed by atoms with van der Waals surface area (Å²) in [5, 5.41) is 17.3. The van der Waals surface area contributed by atoms with Gasteiger partial charge in [-0.1, -0.05) is 26.5 Å². The average Bonchev–Trinajstić information content (AvgIpc) is 2.28. The van der Waals surface area contributed by atoms with Crippen LogP contribution in [0.15, 0.2) is 24.8 Å². The SMILES string of the molecule is C=C(C)C(=O)OC(C)O.C=CC(=O)OC(O)CCC. The smallest absolute Gasteiger partial charge is 0.335 e. The first-order chi connectivity index (χ1) is 8.74. The van der Waals surface area contributed by atoms with Gasteiger partial charge in [0.1, 0.15) is 0 Å². The Morgan fingerprint density at radius 3 is 2.11 bits per heavy atom. The topological polar surface area (TPSA) is 93.1 Å². The van der Waals surface area contributed by atoms with Crippen molar-refractivity contribution >= 4 is 11.9 Å². The van der Waals surface area contributed by atoms with Gasteiger partial charge < -0.3 is 19.7 Å². The van der Waals surface area contributed by atoms with Crippen LogP contribution in [0.1, 0.15) is 33.6 Å². The first kappa shape index (κ1) is 19.7. The fourth-order valence-corrected chi connectivity index (χ4v) is 0.744. The molecule has 6 nitrogen and oxygen atoms in total. The maximum absolute atomic E-state index is 10.5. The van der Waals surface area contributed by atoms with Crippen molar-refractivity contribution < 1.29 is 29.3 Å². The van der Waals surface area contributed by atoms with Crippen LogP contribution in [0.25, 0.3) is 0 Å². The van der Waals surface area contributed by atoms with Crippen LogP contribution in [0.3, 0.4) is 0 Å². The van der Waals surface area contributed by atoms with Crippen molar-refractivity contribution in [1.29, 1.82) is 0 Å². The molecule has 2 unspecified atom stereocenters. The molecular weight excluding hydrogens is 252 g/mol. The standard InChI is InChI=1S/C7H12O3.C6H10O3/c1-3-5-7(9)10-6(8)4-2;1-4(2)6(8)9-5(3)7/h4,7,9H,2-3,5H2,1H3;5,7H,1H2,2-3H3. The minimum atomic E-state index is -1.05. The number of aliphatic hydroxyl groups is 2. The summed E-state index contributed by atoms with van der Waals surface area (Å²) in [7, 11) is 0. The van der Waals surface area contributed by atoms with Gasteiger partial charge in [-0.15, -0.1) is 0 Å². The highest BCUT2D eigenvalue weighted by Crippen LogP contribution is 1.97. The molecule has 0 radical (unpaired) electrons. The predicted octanol–water partition coefficient (Wildman–Crippen LogP) is 1.28. The van der Waals surface area contributed by atoms with Gasteiger partial charge in [-0.25, -0.2) is 9.59 Å². The van der Waals surface area contributed by atoms with Crippen LogP contribution in [0.4, 0.5) is 0 Å². The molecule has 0 aliphatic rings. The first-order valence-electron chi connectivity index (χ1n) is 5.80. The fraction of sp³-hybridized carbons (Fsp3) is 0.538. The van der Waals surface area contributed by atoms with Gasteiger partial charge in [-0.05, 0) is 13.8 Å². The fourth-order valence-electron chi connectivity index (χ4n) is 0.744. The van der Waals surface area contributed by atoms with Gasteiger partial charge >= 0.3 is 11.9 Å². The number of ether oxygens (including phenoxy) is 2. The number of aliphatic hydroxyl groups excluding tert-OH is 2. The second-order valence-corrected chi connectivity index (χ2v) is 3.67. The maximum atomic E-state index is 10.5. The Morgan fingerprint density at radius 1 is 1.32 bits per heavy atom.